The summed E-state index contributed by atoms with van der Waals surface area (Å²) in [6.07, 6.45) is 1.49. The number of nitrogens with one attached hydrogen (secondary N) is 2. The van der Waals surface area contributed by atoms with Crippen molar-refractivity contribution in [1.82, 2.24) is 5.43 Å². The third kappa shape index (κ3) is 6.42. The van der Waals surface area contributed by atoms with E-state index in [1.165, 1.54) is 20.2 Å². The molecule has 0 fully saturated rings. The predicted octanol–water partition coefficient (Wildman–Crippen LogP) is 3.87. The molecule has 0 bridgehead atoms. The topological polar surface area (TPSA) is 113 Å². The zero-order chi connectivity index (χ0) is 23.6. The van der Waals surface area contributed by atoms with Crippen molar-refractivity contribution in [2.45, 2.75) is 13.5 Å². The van der Waals surface area contributed by atoms with Crippen LogP contribution in [0.15, 0.2) is 71.8 Å². The predicted molar refractivity (Wildman–Crippen MR) is 124 cm³/mol. The minimum absolute atomic E-state index is 0.185. The lowest BCUT2D eigenvalue weighted by atomic mass is 10.1. The molecule has 0 radical (unpaired) electrons. The van der Waals surface area contributed by atoms with Crippen LogP contribution < -0.4 is 20.2 Å². The molecule has 2 N–H and O–H groups in total. The average Bonchev–Trinajstić information content (AvgIpc) is 2.83. The molecule has 33 heavy (non-hydrogen) atoms. The van der Waals surface area contributed by atoms with Crippen LogP contribution in [0, 0.1) is 11.3 Å². The molecular weight excluding hydrogens is 420 g/mol. The number of hydrazone groups is 1. The molecular formula is C25H22N4O4. The van der Waals surface area contributed by atoms with Gasteiger partial charge in [0.05, 0.1) is 25.0 Å². The molecule has 0 spiro atoms. The number of nitrogens with zero attached hydrogens (tertiary/aromatic N) is 2. The minimum Gasteiger partial charge on any atom is -0.493 e. The van der Waals surface area contributed by atoms with E-state index in [2.05, 4.69) is 21.9 Å². The van der Waals surface area contributed by atoms with Gasteiger partial charge in [0.2, 0.25) is 5.91 Å². The highest BCUT2D eigenvalue weighted by atomic mass is 16.5. The molecule has 0 saturated carbocycles. The van der Waals surface area contributed by atoms with Crippen molar-refractivity contribution in [2.24, 2.45) is 5.10 Å². The molecule has 0 heterocycles. The second-order valence-corrected chi connectivity index (χ2v) is 6.93. The van der Waals surface area contributed by atoms with Gasteiger partial charge in [0.25, 0.3) is 5.91 Å². The van der Waals surface area contributed by atoms with E-state index >= 15 is 0 Å². The first kappa shape index (κ1) is 23.0. The van der Waals surface area contributed by atoms with Gasteiger partial charge in [-0.3, -0.25) is 9.59 Å². The van der Waals surface area contributed by atoms with E-state index in [9.17, 15) is 14.9 Å². The molecule has 0 saturated heterocycles. The number of methoxy groups -OCH3 is 1. The van der Waals surface area contributed by atoms with E-state index in [0.29, 0.717) is 33.9 Å². The van der Waals surface area contributed by atoms with E-state index < -0.39 is 0 Å². The number of carbonyl (C=O) groups is 2. The Morgan fingerprint density at radius 3 is 2.52 bits per heavy atom. The van der Waals surface area contributed by atoms with Crippen LogP contribution in [0.3, 0.4) is 0 Å². The first-order valence-electron chi connectivity index (χ1n) is 10.00. The maximum absolute atomic E-state index is 12.2. The molecule has 8 heteroatoms. The smallest absolute Gasteiger partial charge is 0.271 e. The van der Waals surface area contributed by atoms with Crippen LogP contribution in [0.2, 0.25) is 0 Å². The van der Waals surface area contributed by atoms with Gasteiger partial charge in [-0.05, 0) is 54.1 Å². The second kappa shape index (κ2) is 11.1. The number of ether oxygens (including phenoxy) is 2. The Morgan fingerprint density at radius 1 is 1.06 bits per heavy atom. The Labute approximate surface area is 191 Å². The van der Waals surface area contributed by atoms with Gasteiger partial charge in [-0.15, -0.1) is 0 Å². The fourth-order valence-electron chi connectivity index (χ4n) is 2.93. The lowest BCUT2D eigenvalue weighted by Crippen LogP contribution is -2.17. The van der Waals surface area contributed by atoms with Crippen LogP contribution in [-0.4, -0.2) is 25.1 Å². The Bertz CT molecular complexity index is 1210. The van der Waals surface area contributed by atoms with Gasteiger partial charge >= 0.3 is 0 Å². The minimum atomic E-state index is -0.385. The number of benzene rings is 3. The molecule has 8 nitrogen and oxygen atoms in total. The molecule has 0 unspecified atom stereocenters. The fourth-order valence-corrected chi connectivity index (χ4v) is 2.93. The second-order valence-electron chi connectivity index (χ2n) is 6.93. The highest BCUT2D eigenvalue weighted by molar-refractivity contribution is 5.96. The summed E-state index contributed by atoms with van der Waals surface area (Å²) in [6.45, 7) is 1.64. The number of anilines is 1. The Balaban J connectivity index is 1.61. The highest BCUT2D eigenvalue weighted by Crippen LogP contribution is 2.28. The van der Waals surface area contributed by atoms with Gasteiger partial charge in [0.1, 0.15) is 6.61 Å². The first-order valence-corrected chi connectivity index (χ1v) is 10.00. The quantitative estimate of drug-likeness (QED) is 0.406. The van der Waals surface area contributed by atoms with Crippen molar-refractivity contribution >= 4 is 23.7 Å². The van der Waals surface area contributed by atoms with Crippen LogP contribution >= 0.6 is 0 Å². The molecule has 2 amide bonds. The van der Waals surface area contributed by atoms with E-state index in [1.807, 2.05) is 12.1 Å². The fraction of sp³-hybridized carbons (Fsp3) is 0.120. The zero-order valence-corrected chi connectivity index (χ0v) is 18.2. The summed E-state index contributed by atoms with van der Waals surface area (Å²) in [4.78, 5) is 23.3. The van der Waals surface area contributed by atoms with E-state index in [1.54, 1.807) is 54.6 Å². The summed E-state index contributed by atoms with van der Waals surface area (Å²) >= 11 is 0. The van der Waals surface area contributed by atoms with Crippen molar-refractivity contribution in [3.8, 4) is 17.6 Å². The number of rotatable bonds is 8. The Kier molecular flexibility index (Phi) is 7.76. The summed E-state index contributed by atoms with van der Waals surface area (Å²) in [5.41, 5.74) is 5.49. The first-order chi connectivity index (χ1) is 16.0. The summed E-state index contributed by atoms with van der Waals surface area (Å²) in [5.74, 6) is 0.443. The number of amides is 2. The maximum atomic E-state index is 12.2. The van der Waals surface area contributed by atoms with Gasteiger partial charge < -0.3 is 14.8 Å². The van der Waals surface area contributed by atoms with E-state index in [4.69, 9.17) is 9.47 Å². The third-order valence-corrected chi connectivity index (χ3v) is 4.56. The normalized spacial score (nSPS) is 10.3. The molecule has 0 aromatic heterocycles. The molecule has 0 aliphatic carbocycles. The monoisotopic (exact) mass is 442 g/mol. The molecule has 0 atom stereocenters. The summed E-state index contributed by atoms with van der Waals surface area (Å²) < 4.78 is 11.2. The number of hydrogen-bond acceptors (Lipinski definition) is 6. The lowest BCUT2D eigenvalue weighted by Gasteiger charge is -2.12. The molecule has 166 valence electrons. The lowest BCUT2D eigenvalue weighted by molar-refractivity contribution is -0.114. The van der Waals surface area contributed by atoms with Gasteiger partial charge in [-0.1, -0.05) is 18.2 Å². The van der Waals surface area contributed by atoms with Gasteiger partial charge in [-0.25, -0.2) is 5.43 Å². The number of nitriles is 1. The summed E-state index contributed by atoms with van der Waals surface area (Å²) in [5, 5.41) is 15.8. The third-order valence-electron chi connectivity index (χ3n) is 4.56. The molecule has 0 aliphatic heterocycles. The van der Waals surface area contributed by atoms with Crippen LogP contribution in [-0.2, 0) is 11.4 Å². The SMILES string of the molecule is COc1cc(C=NNC(=O)c2ccc(NC(C)=O)cc2)ccc1OCc1ccccc1C#N. The van der Waals surface area contributed by atoms with Crippen molar-refractivity contribution in [3.63, 3.8) is 0 Å². The van der Waals surface area contributed by atoms with Crippen molar-refractivity contribution in [3.05, 3.63) is 89.0 Å². The van der Waals surface area contributed by atoms with Crippen LogP contribution in [0.4, 0.5) is 5.69 Å². The molecule has 0 aliphatic rings. The number of hydrogen-bond donors (Lipinski definition) is 2. The molecule has 3 aromatic rings. The van der Waals surface area contributed by atoms with Crippen LogP contribution in [0.1, 0.15) is 34.0 Å². The van der Waals surface area contributed by atoms with Gasteiger partial charge in [0.15, 0.2) is 11.5 Å². The summed E-state index contributed by atoms with van der Waals surface area (Å²) in [6, 6.07) is 21.1. The molecule has 3 rings (SSSR count). The Morgan fingerprint density at radius 2 is 1.82 bits per heavy atom. The van der Waals surface area contributed by atoms with Crippen molar-refractivity contribution < 1.29 is 19.1 Å². The Hall–Kier alpha value is -4.64. The largest absolute Gasteiger partial charge is 0.493 e. The summed E-state index contributed by atoms with van der Waals surface area (Å²) in [7, 11) is 1.53. The number of carbonyl (C=O) groups excluding carboxylic acids is 2. The van der Waals surface area contributed by atoms with Crippen molar-refractivity contribution in [1.29, 1.82) is 5.26 Å². The van der Waals surface area contributed by atoms with Gasteiger partial charge in [0, 0.05) is 23.7 Å². The average molecular weight is 442 g/mol. The van der Waals surface area contributed by atoms with Crippen LogP contribution in [0.5, 0.6) is 11.5 Å². The standard InChI is InChI=1S/C25H22N4O4/c1-17(30)28-22-10-8-19(9-11-22)25(31)29-27-15-18-7-12-23(24(13-18)32-2)33-16-21-6-4-3-5-20(21)14-26/h3-13,15H,16H2,1-2H3,(H,28,30)(H,29,31). The van der Waals surface area contributed by atoms with E-state index in [0.717, 1.165) is 5.56 Å². The molecule has 3 aromatic carbocycles. The van der Waals surface area contributed by atoms with Crippen LogP contribution in [0.25, 0.3) is 0 Å². The highest BCUT2D eigenvalue weighted by Gasteiger charge is 2.08. The van der Waals surface area contributed by atoms with Crippen molar-refractivity contribution in [2.75, 3.05) is 12.4 Å². The maximum Gasteiger partial charge on any atom is 0.271 e. The van der Waals surface area contributed by atoms with E-state index in [-0.39, 0.29) is 18.4 Å². The van der Waals surface area contributed by atoms with Gasteiger partial charge in [-0.2, -0.15) is 10.4 Å². The zero-order valence-electron chi connectivity index (χ0n) is 18.2.